The first-order valence-electron chi connectivity index (χ1n) is 6.92. The number of nitrogens with one attached hydrogen (secondary N) is 2. The van der Waals surface area contributed by atoms with E-state index in [1.54, 1.807) is 18.2 Å². The summed E-state index contributed by atoms with van der Waals surface area (Å²) in [6.45, 7) is 0.386. The molecule has 0 saturated carbocycles. The van der Waals surface area contributed by atoms with Gasteiger partial charge in [-0.3, -0.25) is 19.3 Å². The van der Waals surface area contributed by atoms with E-state index in [-0.39, 0.29) is 41.3 Å². The van der Waals surface area contributed by atoms with Crippen molar-refractivity contribution in [3.63, 3.8) is 0 Å². The third kappa shape index (κ3) is 4.50. The molecule has 0 atom stereocenters. The number of benzene rings is 1. The standard InChI is InChI=1S/C15H14N4O4S/c16-7-10(14(22)18-11-2-1-3-12(20)6-11)8-17-4-5-19-13(21)9-24-15(19)23/h1-3,6,8,17,20H,4-5,9H2,(H,18,22)/b10-8-. The monoisotopic (exact) mass is 346 g/mol. The largest absolute Gasteiger partial charge is 0.508 e. The third-order valence-electron chi connectivity index (χ3n) is 3.04. The maximum Gasteiger partial charge on any atom is 0.288 e. The summed E-state index contributed by atoms with van der Waals surface area (Å²) in [7, 11) is 0. The summed E-state index contributed by atoms with van der Waals surface area (Å²) < 4.78 is 0. The Labute approximate surface area is 142 Å². The Balaban J connectivity index is 1.87. The lowest BCUT2D eigenvalue weighted by Gasteiger charge is -2.12. The smallest absolute Gasteiger partial charge is 0.288 e. The number of anilines is 1. The second-order valence-corrected chi connectivity index (χ2v) is 5.65. The zero-order chi connectivity index (χ0) is 17.5. The summed E-state index contributed by atoms with van der Waals surface area (Å²) in [5.41, 5.74) is 0.179. The Kier molecular flexibility index (Phi) is 5.81. The lowest BCUT2D eigenvalue weighted by Crippen LogP contribution is -2.34. The van der Waals surface area contributed by atoms with E-state index in [1.165, 1.54) is 18.3 Å². The fourth-order valence-corrected chi connectivity index (χ4v) is 2.63. The van der Waals surface area contributed by atoms with Crippen molar-refractivity contribution < 1.29 is 19.5 Å². The van der Waals surface area contributed by atoms with Crippen LogP contribution in [0.4, 0.5) is 10.5 Å². The van der Waals surface area contributed by atoms with Crippen LogP contribution < -0.4 is 10.6 Å². The second-order valence-electron chi connectivity index (χ2n) is 4.73. The number of aromatic hydroxyl groups is 1. The normalized spacial score (nSPS) is 14.5. The van der Waals surface area contributed by atoms with Crippen LogP contribution in [0.15, 0.2) is 36.0 Å². The number of carbonyl (C=O) groups excluding carboxylic acids is 3. The van der Waals surface area contributed by atoms with Crippen molar-refractivity contribution in [1.82, 2.24) is 10.2 Å². The van der Waals surface area contributed by atoms with Crippen LogP contribution in [0.25, 0.3) is 0 Å². The first-order chi connectivity index (χ1) is 11.5. The number of hydrogen-bond donors (Lipinski definition) is 3. The van der Waals surface area contributed by atoms with E-state index in [2.05, 4.69) is 10.6 Å². The van der Waals surface area contributed by atoms with Gasteiger partial charge in [-0.2, -0.15) is 5.26 Å². The minimum Gasteiger partial charge on any atom is -0.508 e. The first-order valence-corrected chi connectivity index (χ1v) is 7.91. The number of nitriles is 1. The Bertz CT molecular complexity index is 725. The molecule has 1 saturated heterocycles. The molecule has 124 valence electrons. The molecule has 0 aliphatic carbocycles. The van der Waals surface area contributed by atoms with Gasteiger partial charge in [0.2, 0.25) is 5.91 Å². The lowest BCUT2D eigenvalue weighted by atomic mass is 10.2. The number of carbonyl (C=O) groups is 3. The molecule has 0 aromatic heterocycles. The molecule has 1 aliphatic heterocycles. The van der Waals surface area contributed by atoms with E-state index < -0.39 is 5.91 Å². The van der Waals surface area contributed by atoms with E-state index in [9.17, 15) is 19.5 Å². The quantitative estimate of drug-likeness (QED) is 0.399. The summed E-state index contributed by atoms with van der Waals surface area (Å²) in [6.07, 6.45) is 1.22. The number of nitrogens with zero attached hydrogens (tertiary/aromatic N) is 2. The molecule has 2 rings (SSSR count). The topological polar surface area (TPSA) is 123 Å². The SMILES string of the molecule is N#C/C(=C/NCCN1C(=O)CSC1=O)C(=O)Nc1cccc(O)c1. The minimum atomic E-state index is -0.639. The van der Waals surface area contributed by atoms with Gasteiger partial charge in [-0.25, -0.2) is 0 Å². The van der Waals surface area contributed by atoms with Crippen molar-refractivity contribution in [1.29, 1.82) is 5.26 Å². The fourth-order valence-electron chi connectivity index (χ4n) is 1.88. The zero-order valence-corrected chi connectivity index (χ0v) is 13.3. The molecule has 0 radical (unpaired) electrons. The Hall–Kier alpha value is -2.99. The number of amides is 3. The Morgan fingerprint density at radius 3 is 2.88 bits per heavy atom. The Morgan fingerprint density at radius 1 is 1.46 bits per heavy atom. The maximum atomic E-state index is 12.0. The van der Waals surface area contributed by atoms with Crippen LogP contribution in [0.1, 0.15) is 0 Å². The van der Waals surface area contributed by atoms with Gasteiger partial charge < -0.3 is 15.7 Å². The summed E-state index contributed by atoms with van der Waals surface area (Å²) in [5.74, 6) is -0.756. The average molecular weight is 346 g/mol. The van der Waals surface area contributed by atoms with Crippen LogP contribution in [-0.4, -0.2) is 45.9 Å². The van der Waals surface area contributed by atoms with Gasteiger partial charge in [0.1, 0.15) is 17.4 Å². The Morgan fingerprint density at radius 2 is 2.25 bits per heavy atom. The van der Waals surface area contributed by atoms with Crippen molar-refractivity contribution in [2.24, 2.45) is 0 Å². The number of phenolic OH excluding ortho intramolecular Hbond substituents is 1. The predicted molar refractivity (Wildman–Crippen MR) is 88.0 cm³/mol. The van der Waals surface area contributed by atoms with Crippen LogP contribution in [0.5, 0.6) is 5.75 Å². The van der Waals surface area contributed by atoms with Crippen LogP contribution >= 0.6 is 11.8 Å². The van der Waals surface area contributed by atoms with E-state index in [1.807, 2.05) is 0 Å². The molecule has 1 fully saturated rings. The lowest BCUT2D eigenvalue weighted by molar-refractivity contribution is -0.124. The van der Waals surface area contributed by atoms with Crippen molar-refractivity contribution >= 4 is 34.5 Å². The molecule has 3 amide bonds. The van der Waals surface area contributed by atoms with Crippen molar-refractivity contribution in [2.75, 3.05) is 24.2 Å². The van der Waals surface area contributed by atoms with Gasteiger partial charge in [0, 0.05) is 31.0 Å². The maximum absolute atomic E-state index is 12.0. The van der Waals surface area contributed by atoms with Crippen LogP contribution in [0.2, 0.25) is 0 Å². The fraction of sp³-hybridized carbons (Fsp3) is 0.200. The molecule has 24 heavy (non-hydrogen) atoms. The summed E-state index contributed by atoms with van der Waals surface area (Å²) in [6, 6.07) is 7.69. The molecule has 3 N–H and O–H groups in total. The van der Waals surface area contributed by atoms with Gasteiger partial charge in [-0.15, -0.1) is 0 Å². The minimum absolute atomic E-state index is 0.00812. The predicted octanol–water partition coefficient (Wildman–Crippen LogP) is 1.02. The third-order valence-corrected chi connectivity index (χ3v) is 3.89. The number of phenols is 1. The molecule has 9 heteroatoms. The molecule has 1 aliphatic rings. The molecule has 0 spiro atoms. The second kappa shape index (κ2) is 8.03. The molecular weight excluding hydrogens is 332 g/mol. The van der Waals surface area contributed by atoms with E-state index in [0.29, 0.717) is 5.69 Å². The number of thioether (sulfide) groups is 1. The van der Waals surface area contributed by atoms with Gasteiger partial charge in [-0.1, -0.05) is 17.8 Å². The van der Waals surface area contributed by atoms with E-state index >= 15 is 0 Å². The molecule has 1 aromatic carbocycles. The zero-order valence-electron chi connectivity index (χ0n) is 12.5. The molecule has 0 bridgehead atoms. The van der Waals surface area contributed by atoms with Crippen molar-refractivity contribution in [3.8, 4) is 11.8 Å². The van der Waals surface area contributed by atoms with Gasteiger partial charge in [0.05, 0.1) is 5.75 Å². The van der Waals surface area contributed by atoms with E-state index in [4.69, 9.17) is 5.26 Å². The molecular formula is C15H14N4O4S. The number of hydrogen-bond acceptors (Lipinski definition) is 7. The summed E-state index contributed by atoms with van der Waals surface area (Å²) >= 11 is 0.947. The van der Waals surface area contributed by atoms with E-state index in [0.717, 1.165) is 16.7 Å². The highest BCUT2D eigenvalue weighted by molar-refractivity contribution is 8.14. The van der Waals surface area contributed by atoms with Crippen LogP contribution in [0.3, 0.4) is 0 Å². The highest BCUT2D eigenvalue weighted by Gasteiger charge is 2.28. The number of imide groups is 1. The highest BCUT2D eigenvalue weighted by Crippen LogP contribution is 2.18. The van der Waals surface area contributed by atoms with Gasteiger partial charge in [0.25, 0.3) is 11.1 Å². The molecule has 0 unspecified atom stereocenters. The number of rotatable bonds is 6. The summed E-state index contributed by atoms with van der Waals surface area (Å²) in [5, 5.41) is 23.3. The summed E-state index contributed by atoms with van der Waals surface area (Å²) in [4.78, 5) is 35.9. The van der Waals surface area contributed by atoms with Crippen LogP contribution in [-0.2, 0) is 9.59 Å². The molecule has 1 heterocycles. The first kappa shape index (κ1) is 17.4. The molecule has 1 aromatic rings. The van der Waals surface area contributed by atoms with Gasteiger partial charge in [0.15, 0.2) is 0 Å². The van der Waals surface area contributed by atoms with Gasteiger partial charge in [-0.05, 0) is 12.1 Å². The van der Waals surface area contributed by atoms with Gasteiger partial charge >= 0.3 is 0 Å². The van der Waals surface area contributed by atoms with Crippen LogP contribution in [0, 0.1) is 11.3 Å². The van der Waals surface area contributed by atoms with Crippen molar-refractivity contribution in [2.45, 2.75) is 0 Å². The van der Waals surface area contributed by atoms with Crippen molar-refractivity contribution in [3.05, 3.63) is 36.0 Å². The highest BCUT2D eigenvalue weighted by atomic mass is 32.2. The molecule has 8 nitrogen and oxygen atoms in total. The average Bonchev–Trinajstić information content (AvgIpc) is 2.86.